The van der Waals surface area contributed by atoms with Crippen molar-refractivity contribution >= 4 is 49.9 Å². The fraction of sp³-hybridized carbons (Fsp3) is 0.273. The molecule has 4 nitrogen and oxygen atoms in total. The van der Waals surface area contributed by atoms with E-state index < -0.39 is 10.0 Å². The molecule has 2 rings (SSSR count). The Hall–Kier alpha value is -0.910. The molecule has 0 fully saturated rings. The fourth-order valence-corrected chi connectivity index (χ4v) is 3.15. The molecule has 1 heterocycles. The van der Waals surface area contributed by atoms with Crippen LogP contribution < -0.4 is 4.72 Å². The summed E-state index contributed by atoms with van der Waals surface area (Å²) >= 11 is 11.2. The average Bonchev–Trinajstić information content (AvgIpc) is 2.65. The van der Waals surface area contributed by atoms with Crippen LogP contribution in [0.4, 0.5) is 5.69 Å². The lowest BCUT2D eigenvalue weighted by Crippen LogP contribution is -2.16. The maximum absolute atomic E-state index is 11.7. The Balaban J connectivity index is 2.21. The van der Waals surface area contributed by atoms with Gasteiger partial charge >= 0.3 is 0 Å². The number of furan rings is 1. The Morgan fingerprint density at radius 1 is 1.28 bits per heavy atom. The van der Waals surface area contributed by atoms with Crippen LogP contribution in [0.2, 0.25) is 5.22 Å². The summed E-state index contributed by atoms with van der Waals surface area (Å²) in [6.45, 7) is 0. The topological polar surface area (TPSA) is 59.3 Å². The second-order valence-corrected chi connectivity index (χ2v) is 6.36. The third-order valence-corrected chi connectivity index (χ3v) is 4.13. The molecule has 98 valence electrons. The number of sulfonamides is 1. The van der Waals surface area contributed by atoms with Gasteiger partial charge in [-0.25, -0.2) is 8.42 Å². The Morgan fingerprint density at radius 3 is 2.78 bits per heavy atom. The van der Waals surface area contributed by atoms with Crippen molar-refractivity contribution in [1.82, 2.24) is 0 Å². The predicted molar refractivity (Wildman–Crippen MR) is 74.0 cm³/mol. The van der Waals surface area contributed by atoms with Gasteiger partial charge in [-0.2, -0.15) is 0 Å². The maximum atomic E-state index is 11.7. The van der Waals surface area contributed by atoms with Gasteiger partial charge in [-0.05, 0) is 36.2 Å². The Labute approximate surface area is 115 Å². The third kappa shape index (κ3) is 3.31. The summed E-state index contributed by atoms with van der Waals surface area (Å²) in [4.78, 5) is 0. The van der Waals surface area contributed by atoms with Crippen LogP contribution in [0.15, 0.2) is 28.7 Å². The van der Waals surface area contributed by atoms with Gasteiger partial charge in [-0.3, -0.25) is 4.72 Å². The summed E-state index contributed by atoms with van der Waals surface area (Å²) in [6, 6.07) is 6.59. The monoisotopic (exact) mass is 307 g/mol. The molecule has 0 unspecified atom stereocenters. The second-order valence-electron chi connectivity index (χ2n) is 3.77. The molecule has 0 bridgehead atoms. The van der Waals surface area contributed by atoms with Gasteiger partial charge in [0.1, 0.15) is 5.58 Å². The number of benzene rings is 1. The van der Waals surface area contributed by atoms with E-state index in [1.165, 1.54) is 0 Å². The van der Waals surface area contributed by atoms with Crippen molar-refractivity contribution in [2.75, 3.05) is 16.4 Å². The van der Waals surface area contributed by atoms with Crippen molar-refractivity contribution in [2.24, 2.45) is 0 Å². The van der Waals surface area contributed by atoms with Crippen molar-refractivity contribution in [3.63, 3.8) is 0 Å². The quantitative estimate of drug-likeness (QED) is 0.861. The molecule has 0 saturated carbocycles. The van der Waals surface area contributed by atoms with Gasteiger partial charge in [0, 0.05) is 23.0 Å². The highest BCUT2D eigenvalue weighted by Gasteiger charge is 2.11. The molecule has 0 radical (unpaired) electrons. The van der Waals surface area contributed by atoms with E-state index >= 15 is 0 Å². The molecule has 18 heavy (non-hydrogen) atoms. The van der Waals surface area contributed by atoms with Crippen LogP contribution in [-0.4, -0.2) is 20.1 Å². The Bertz CT molecular complexity index is 651. The van der Waals surface area contributed by atoms with Crippen LogP contribution in [0.3, 0.4) is 0 Å². The zero-order valence-corrected chi connectivity index (χ0v) is 11.6. The highest BCUT2D eigenvalue weighted by Crippen LogP contribution is 2.26. The minimum atomic E-state index is -3.36. The Morgan fingerprint density at radius 2 is 2.06 bits per heavy atom. The summed E-state index contributed by atoms with van der Waals surface area (Å²) in [6.07, 6.45) is 0.413. The molecule has 0 aliphatic carbocycles. The Kier molecular flexibility index (Phi) is 4.04. The smallest absolute Gasteiger partial charge is 0.232 e. The molecule has 0 aliphatic rings. The molecule has 0 saturated heterocycles. The normalized spacial score (nSPS) is 11.9. The standard InChI is InChI=1S/C11H11Cl2NO3S/c12-4-1-5-18(15,16)14-9-2-3-10-8(6-9)7-11(13)17-10/h2-3,6-7,14H,1,4-5H2. The van der Waals surface area contributed by atoms with Crippen LogP contribution in [-0.2, 0) is 10.0 Å². The van der Waals surface area contributed by atoms with E-state index in [9.17, 15) is 8.42 Å². The van der Waals surface area contributed by atoms with E-state index in [4.69, 9.17) is 27.6 Å². The van der Waals surface area contributed by atoms with Gasteiger partial charge in [-0.15, -0.1) is 11.6 Å². The van der Waals surface area contributed by atoms with Crippen molar-refractivity contribution in [2.45, 2.75) is 6.42 Å². The minimum Gasteiger partial charge on any atom is -0.445 e. The number of hydrogen-bond donors (Lipinski definition) is 1. The van der Waals surface area contributed by atoms with E-state index in [-0.39, 0.29) is 11.0 Å². The first kappa shape index (κ1) is 13.5. The van der Waals surface area contributed by atoms with E-state index in [2.05, 4.69) is 4.72 Å². The van der Waals surface area contributed by atoms with Crippen LogP contribution in [0, 0.1) is 0 Å². The van der Waals surface area contributed by atoms with E-state index in [0.717, 1.165) is 5.39 Å². The van der Waals surface area contributed by atoms with Gasteiger partial charge in [0.05, 0.1) is 5.75 Å². The van der Waals surface area contributed by atoms with E-state index in [1.807, 2.05) is 0 Å². The molecule has 0 aliphatic heterocycles. The molecule has 0 amide bonds. The highest BCUT2D eigenvalue weighted by atomic mass is 35.5. The second kappa shape index (κ2) is 5.38. The lowest BCUT2D eigenvalue weighted by atomic mass is 10.2. The van der Waals surface area contributed by atoms with E-state index in [0.29, 0.717) is 23.6 Å². The molecule has 2 aromatic rings. The number of anilines is 1. The first-order chi connectivity index (χ1) is 8.50. The minimum absolute atomic E-state index is 0.000675. The predicted octanol–water partition coefficient (Wildman–Crippen LogP) is 3.46. The number of hydrogen-bond acceptors (Lipinski definition) is 3. The molecule has 1 aromatic heterocycles. The average molecular weight is 308 g/mol. The van der Waals surface area contributed by atoms with Crippen molar-refractivity contribution in [1.29, 1.82) is 0 Å². The number of nitrogens with one attached hydrogen (secondary N) is 1. The lowest BCUT2D eigenvalue weighted by Gasteiger charge is -2.06. The fourth-order valence-electron chi connectivity index (χ4n) is 1.55. The number of halogens is 2. The number of rotatable bonds is 5. The van der Waals surface area contributed by atoms with Gasteiger partial charge in [0.15, 0.2) is 5.22 Å². The van der Waals surface area contributed by atoms with Gasteiger partial charge < -0.3 is 4.42 Å². The van der Waals surface area contributed by atoms with Crippen molar-refractivity contribution in [3.05, 3.63) is 29.5 Å². The maximum Gasteiger partial charge on any atom is 0.232 e. The summed E-state index contributed by atoms with van der Waals surface area (Å²) in [5.41, 5.74) is 1.10. The molecule has 1 aromatic carbocycles. The largest absolute Gasteiger partial charge is 0.445 e. The highest BCUT2D eigenvalue weighted by molar-refractivity contribution is 7.92. The van der Waals surface area contributed by atoms with Crippen LogP contribution in [0.1, 0.15) is 6.42 Å². The molecule has 7 heteroatoms. The van der Waals surface area contributed by atoms with E-state index in [1.54, 1.807) is 24.3 Å². The summed E-state index contributed by atoms with van der Waals surface area (Å²) in [5, 5.41) is 1.02. The number of alkyl halides is 1. The van der Waals surface area contributed by atoms with Gasteiger partial charge in [0.2, 0.25) is 10.0 Å². The van der Waals surface area contributed by atoms with Crippen LogP contribution >= 0.6 is 23.2 Å². The van der Waals surface area contributed by atoms with Crippen LogP contribution in [0.25, 0.3) is 11.0 Å². The van der Waals surface area contributed by atoms with Gasteiger partial charge in [-0.1, -0.05) is 0 Å². The van der Waals surface area contributed by atoms with Crippen molar-refractivity contribution < 1.29 is 12.8 Å². The first-order valence-electron chi connectivity index (χ1n) is 5.26. The summed E-state index contributed by atoms with van der Waals surface area (Å²) < 4.78 is 31.0. The summed E-state index contributed by atoms with van der Waals surface area (Å²) in [5.74, 6) is 0.317. The third-order valence-electron chi connectivity index (χ3n) is 2.31. The lowest BCUT2D eigenvalue weighted by molar-refractivity contribution is 0.600. The zero-order valence-electron chi connectivity index (χ0n) is 9.32. The first-order valence-corrected chi connectivity index (χ1v) is 7.82. The number of fused-ring (bicyclic) bond motifs is 1. The molecule has 1 N–H and O–H groups in total. The van der Waals surface area contributed by atoms with Crippen molar-refractivity contribution in [3.8, 4) is 0 Å². The zero-order chi connectivity index (χ0) is 13.2. The van der Waals surface area contributed by atoms with Gasteiger partial charge in [0.25, 0.3) is 0 Å². The SMILES string of the molecule is O=S(=O)(CCCCl)Nc1ccc2oc(Cl)cc2c1. The van der Waals surface area contributed by atoms with Crippen LogP contribution in [0.5, 0.6) is 0 Å². The molecular weight excluding hydrogens is 297 g/mol. The summed E-state index contributed by atoms with van der Waals surface area (Å²) in [7, 11) is -3.36. The molecule has 0 spiro atoms. The molecule has 0 atom stereocenters. The molecular formula is C11H11Cl2NO3S.